The Balaban J connectivity index is 4.79. The van der Waals surface area contributed by atoms with Crippen LogP contribution in [-0.4, -0.2) is 63.8 Å². The highest BCUT2D eigenvalue weighted by atomic mass is 28.5. The zero-order chi connectivity index (χ0) is 18.5. The molecular weight excluding hydrogens is 413 g/mol. The molecule has 13 heteroatoms. The van der Waals surface area contributed by atoms with Crippen LogP contribution >= 0.6 is 0 Å². The van der Waals surface area contributed by atoms with Gasteiger partial charge in [-0.3, -0.25) is 0 Å². The second kappa shape index (κ2) is 9.28. The second-order valence-electron chi connectivity index (χ2n) is 7.62. The van der Waals surface area contributed by atoms with Crippen LogP contribution in [0.2, 0.25) is 65.5 Å². The monoisotopic (exact) mass is 448 g/mol. The molecule has 0 heterocycles. The van der Waals surface area contributed by atoms with E-state index in [9.17, 15) is 0 Å². The van der Waals surface area contributed by atoms with Gasteiger partial charge in [-0.2, -0.15) is 0 Å². The van der Waals surface area contributed by atoms with Gasteiger partial charge in [0.1, 0.15) is 10.5 Å². The first kappa shape index (κ1) is 24.3. The molecule has 0 aromatic rings. The summed E-state index contributed by atoms with van der Waals surface area (Å²) in [6, 6.07) is 0. The van der Waals surface area contributed by atoms with Crippen LogP contribution in [0.1, 0.15) is 0 Å². The van der Waals surface area contributed by atoms with Crippen molar-refractivity contribution in [3.63, 3.8) is 0 Å². The van der Waals surface area contributed by atoms with Gasteiger partial charge in [-0.05, 0) is 65.5 Å². The van der Waals surface area contributed by atoms with Gasteiger partial charge in [0.2, 0.25) is 0 Å². The predicted octanol–water partition coefficient (Wildman–Crippen LogP) is 1.16. The van der Waals surface area contributed by atoms with E-state index in [0.717, 1.165) is 10.5 Å². The Hall–Kier alpha value is 1.28. The summed E-state index contributed by atoms with van der Waals surface area (Å²) in [5.41, 5.74) is 0. The van der Waals surface area contributed by atoms with Crippen LogP contribution in [0, 0.1) is 0 Å². The summed E-state index contributed by atoms with van der Waals surface area (Å²) in [6.45, 7) is 20.9. The molecule has 0 spiro atoms. The molecule has 0 aliphatic carbocycles. The average Bonchev–Trinajstić information content (AvgIpc) is 2.18. The lowest BCUT2D eigenvalue weighted by molar-refractivity contribution is 0.282. The van der Waals surface area contributed by atoms with E-state index in [1.54, 1.807) is 0 Å². The van der Waals surface area contributed by atoms with Crippen molar-refractivity contribution in [1.29, 1.82) is 0 Å². The van der Waals surface area contributed by atoms with E-state index in [1.807, 2.05) is 0 Å². The van der Waals surface area contributed by atoms with Gasteiger partial charge < -0.3 is 24.7 Å². The highest BCUT2D eigenvalue weighted by molar-refractivity contribution is 6.88. The molecule has 0 aromatic heterocycles. The molecule has 0 saturated carbocycles. The van der Waals surface area contributed by atoms with Crippen LogP contribution in [0.25, 0.3) is 0 Å². The number of hydrogen-bond acceptors (Lipinski definition) is 6. The van der Waals surface area contributed by atoms with E-state index in [-0.39, 0.29) is 0 Å². The van der Waals surface area contributed by atoms with Crippen LogP contribution in [0.15, 0.2) is 0 Å². The van der Waals surface area contributed by atoms with Crippen molar-refractivity contribution in [3.8, 4) is 0 Å². The molecule has 0 bridgehead atoms. The molecular formula is C10H36O6Si7. The minimum Gasteiger partial charge on any atom is -0.449 e. The third-order valence-corrected chi connectivity index (χ3v) is 22.7. The Labute approximate surface area is 153 Å². The van der Waals surface area contributed by atoms with Crippen LogP contribution in [0.5, 0.6) is 0 Å². The first-order chi connectivity index (χ1) is 10.1. The van der Waals surface area contributed by atoms with Crippen LogP contribution in [0.3, 0.4) is 0 Å². The van der Waals surface area contributed by atoms with Gasteiger partial charge in [0.25, 0.3) is 10.0 Å². The fourth-order valence-electron chi connectivity index (χ4n) is 2.64. The predicted molar refractivity (Wildman–Crippen MR) is 114 cm³/mol. The summed E-state index contributed by atoms with van der Waals surface area (Å²) in [5.74, 6) is 0. The summed E-state index contributed by atoms with van der Waals surface area (Å²) in [7, 11) is -10.3. The summed E-state index contributed by atoms with van der Waals surface area (Å²) in [5, 5.41) is 0. The lowest BCUT2D eigenvalue weighted by atomic mass is 11.9. The standard InChI is InChI=1S/C10H36O6Si7/c1-19(2)13-21(5,6)15-23(9,10)16-22(7,8)14-20(3,4)12-18-11-17/h19H,18H2,1-10,17H3. The van der Waals surface area contributed by atoms with Crippen molar-refractivity contribution in [3.05, 3.63) is 0 Å². The van der Waals surface area contributed by atoms with E-state index in [1.165, 1.54) is 0 Å². The highest BCUT2D eigenvalue weighted by Gasteiger charge is 2.44. The minimum absolute atomic E-state index is 0.726. The summed E-state index contributed by atoms with van der Waals surface area (Å²) < 4.78 is 36.3. The van der Waals surface area contributed by atoms with Crippen molar-refractivity contribution < 1.29 is 24.7 Å². The Morgan fingerprint density at radius 3 is 1.48 bits per heavy atom. The van der Waals surface area contributed by atoms with Crippen molar-refractivity contribution in [2.75, 3.05) is 0 Å². The molecule has 0 amide bonds. The van der Waals surface area contributed by atoms with Crippen LogP contribution in [0.4, 0.5) is 0 Å². The Morgan fingerprint density at radius 2 is 1.09 bits per heavy atom. The first-order valence-corrected chi connectivity index (χ1v) is 24.0. The molecule has 0 aromatic carbocycles. The summed E-state index contributed by atoms with van der Waals surface area (Å²) in [6.07, 6.45) is 0. The second-order valence-corrected chi connectivity index (χ2v) is 28.0. The van der Waals surface area contributed by atoms with E-state index in [4.69, 9.17) is 24.7 Å². The van der Waals surface area contributed by atoms with E-state index in [0.29, 0.717) is 0 Å². The average molecular weight is 449 g/mol. The molecule has 0 fully saturated rings. The number of rotatable bonds is 11. The summed E-state index contributed by atoms with van der Waals surface area (Å²) >= 11 is 0. The molecule has 0 atom stereocenters. The molecule has 0 rings (SSSR count). The maximum Gasteiger partial charge on any atom is 0.314 e. The maximum atomic E-state index is 6.40. The maximum absolute atomic E-state index is 6.40. The van der Waals surface area contributed by atoms with Gasteiger partial charge in [0, 0.05) is 0 Å². The van der Waals surface area contributed by atoms with Gasteiger partial charge in [-0.1, -0.05) is 0 Å². The molecule has 0 unspecified atom stereocenters. The summed E-state index contributed by atoms with van der Waals surface area (Å²) in [4.78, 5) is 0. The van der Waals surface area contributed by atoms with E-state index < -0.39 is 53.3 Å². The normalized spacial score (nSPS) is 15.3. The van der Waals surface area contributed by atoms with Crippen molar-refractivity contribution >= 4 is 63.8 Å². The quantitative estimate of drug-likeness (QED) is 0.442. The molecule has 0 N–H and O–H groups in total. The Bertz CT molecular complexity index is 364. The third kappa shape index (κ3) is 12.3. The lowest BCUT2D eigenvalue weighted by Crippen LogP contribution is -2.58. The first-order valence-electron chi connectivity index (χ1n) is 8.01. The Morgan fingerprint density at radius 1 is 0.696 bits per heavy atom. The highest BCUT2D eigenvalue weighted by Crippen LogP contribution is 2.24. The largest absolute Gasteiger partial charge is 0.449 e. The van der Waals surface area contributed by atoms with Crippen molar-refractivity contribution in [1.82, 2.24) is 0 Å². The SMILES string of the molecule is C[SiH](C)O[Si](C)(C)O[Si](C)(C)O[Si](C)(C)O[Si](C)(C)O[SiH2]O[SiH3]. The van der Waals surface area contributed by atoms with Crippen molar-refractivity contribution in [2.24, 2.45) is 0 Å². The van der Waals surface area contributed by atoms with Crippen LogP contribution < -0.4 is 0 Å². The fraction of sp³-hybridized carbons (Fsp3) is 1.00. The van der Waals surface area contributed by atoms with E-state index >= 15 is 0 Å². The van der Waals surface area contributed by atoms with Gasteiger partial charge in [-0.15, -0.1) is 0 Å². The number of hydrogen-bond donors (Lipinski definition) is 0. The van der Waals surface area contributed by atoms with Gasteiger partial charge >= 0.3 is 34.2 Å². The zero-order valence-electron chi connectivity index (χ0n) is 16.7. The smallest absolute Gasteiger partial charge is 0.314 e. The zero-order valence-corrected chi connectivity index (χ0v) is 25.3. The topological polar surface area (TPSA) is 55.4 Å². The molecule has 23 heavy (non-hydrogen) atoms. The molecule has 6 nitrogen and oxygen atoms in total. The minimum atomic E-state index is -2.33. The van der Waals surface area contributed by atoms with E-state index in [2.05, 4.69) is 65.5 Å². The molecule has 0 saturated heterocycles. The van der Waals surface area contributed by atoms with Gasteiger partial charge in [0.05, 0.1) is 0 Å². The van der Waals surface area contributed by atoms with Crippen molar-refractivity contribution in [2.45, 2.75) is 65.5 Å². The van der Waals surface area contributed by atoms with Crippen LogP contribution in [-0.2, 0) is 24.7 Å². The third-order valence-electron chi connectivity index (χ3n) is 2.52. The fourth-order valence-corrected chi connectivity index (χ4v) is 26.5. The van der Waals surface area contributed by atoms with Gasteiger partial charge in [0.15, 0.2) is 9.04 Å². The molecule has 0 radical (unpaired) electrons. The molecule has 0 aliphatic rings. The lowest BCUT2D eigenvalue weighted by Gasteiger charge is -2.40. The molecule has 0 aliphatic heterocycles. The molecule has 140 valence electrons. The van der Waals surface area contributed by atoms with Gasteiger partial charge in [-0.25, -0.2) is 0 Å². The Kier molecular flexibility index (Phi) is 9.80.